The minimum Gasteiger partial charge on any atom is -0.310 e. The molecule has 0 radical (unpaired) electrons. The molecule has 0 saturated heterocycles. The van der Waals surface area contributed by atoms with Crippen LogP contribution in [0.2, 0.25) is 0 Å². The van der Waals surface area contributed by atoms with Crippen molar-refractivity contribution in [3.05, 3.63) is 291 Å². The number of benzene rings is 12. The molecule has 0 amide bonds. The molecular formula is C72H50N4. The number of anilines is 6. The highest BCUT2D eigenvalue weighted by Crippen LogP contribution is 2.48. The first kappa shape index (κ1) is 44.5. The lowest BCUT2D eigenvalue weighted by atomic mass is 9.92. The summed E-state index contributed by atoms with van der Waals surface area (Å²) in [5.74, 6) is 0. The van der Waals surface area contributed by atoms with E-state index in [1.54, 1.807) is 0 Å². The summed E-state index contributed by atoms with van der Waals surface area (Å²) in [6.45, 7) is 7.97. The third kappa shape index (κ3) is 7.30. The van der Waals surface area contributed by atoms with Crippen molar-refractivity contribution in [3.63, 3.8) is 0 Å². The fourth-order valence-electron chi connectivity index (χ4n) is 11.7. The van der Waals surface area contributed by atoms with E-state index >= 15 is 0 Å². The van der Waals surface area contributed by atoms with Crippen LogP contribution in [0.5, 0.6) is 0 Å². The summed E-state index contributed by atoms with van der Waals surface area (Å²) in [6, 6.07) is 97.2. The highest BCUT2D eigenvalue weighted by Gasteiger charge is 2.23. The first-order valence-corrected chi connectivity index (χ1v) is 25.9. The lowest BCUT2D eigenvalue weighted by Gasteiger charge is -2.29. The molecule has 14 aromatic rings. The Hall–Kier alpha value is -10.2. The number of rotatable bonds is 11. The standard InChI is InChI=1S/C72H50N4/c1-3-49-31-35-53(36-32-49)75-67-29-17-15-27-63(67)65-47-55(39-43-71(65)75)73(51-19-7-5-8-20-51)69-45-41-59(57-23-11-13-25-61(57)69)60-42-46-70(62-26-14-12-24-58(60)62)74(52-21-9-6-10-22-52)56-40-44-72-66(48-56)64-28-16-18-30-68(64)76(72)54-37-33-50(4-2)34-38-54/h3-48H,1-2H2. The van der Waals surface area contributed by atoms with Gasteiger partial charge in [0.05, 0.1) is 33.4 Å². The molecule has 0 aliphatic heterocycles. The van der Waals surface area contributed by atoms with Crippen LogP contribution < -0.4 is 9.80 Å². The van der Waals surface area contributed by atoms with Crippen LogP contribution in [0.15, 0.2) is 280 Å². The van der Waals surface area contributed by atoms with Gasteiger partial charge in [-0.2, -0.15) is 0 Å². The summed E-state index contributed by atoms with van der Waals surface area (Å²) in [4.78, 5) is 4.84. The lowest BCUT2D eigenvalue weighted by molar-refractivity contribution is 1.18. The van der Waals surface area contributed by atoms with Crippen LogP contribution in [0.3, 0.4) is 0 Å². The monoisotopic (exact) mass is 970 g/mol. The number of nitrogens with zero attached hydrogens (tertiary/aromatic N) is 4. The molecule has 4 nitrogen and oxygen atoms in total. The van der Waals surface area contributed by atoms with Crippen LogP contribution in [-0.2, 0) is 0 Å². The Labute approximate surface area is 441 Å². The van der Waals surface area contributed by atoms with Crippen molar-refractivity contribution in [1.82, 2.24) is 9.13 Å². The van der Waals surface area contributed by atoms with E-state index < -0.39 is 0 Å². The van der Waals surface area contributed by atoms with Gasteiger partial charge in [-0.3, -0.25) is 0 Å². The smallest absolute Gasteiger partial charge is 0.0542 e. The molecule has 0 bridgehead atoms. The first-order valence-electron chi connectivity index (χ1n) is 25.9. The Morgan fingerprint density at radius 1 is 0.263 bits per heavy atom. The number of fused-ring (bicyclic) bond motifs is 8. The van der Waals surface area contributed by atoms with Crippen LogP contribution >= 0.6 is 0 Å². The first-order chi connectivity index (χ1) is 37.6. The van der Waals surface area contributed by atoms with Gasteiger partial charge in [0.2, 0.25) is 0 Å². The minimum absolute atomic E-state index is 1.09. The average molecular weight is 971 g/mol. The largest absolute Gasteiger partial charge is 0.310 e. The van der Waals surface area contributed by atoms with Gasteiger partial charge in [-0.05, 0) is 142 Å². The summed E-state index contributed by atoms with van der Waals surface area (Å²) in [5, 5.41) is 9.50. The van der Waals surface area contributed by atoms with Gasteiger partial charge >= 0.3 is 0 Å². The second-order valence-electron chi connectivity index (χ2n) is 19.4. The van der Waals surface area contributed by atoms with Crippen LogP contribution in [0, 0.1) is 0 Å². The maximum Gasteiger partial charge on any atom is 0.0542 e. The summed E-state index contributed by atoms with van der Waals surface area (Å²) in [5.41, 5.74) is 18.0. The third-order valence-corrected chi connectivity index (χ3v) is 15.2. The van der Waals surface area contributed by atoms with Crippen LogP contribution in [0.1, 0.15) is 11.1 Å². The maximum atomic E-state index is 3.99. The summed E-state index contributed by atoms with van der Waals surface area (Å²) in [7, 11) is 0. The van der Waals surface area contributed by atoms with Crippen LogP contribution in [0.4, 0.5) is 34.1 Å². The number of hydrogen-bond donors (Lipinski definition) is 0. The molecule has 2 heterocycles. The van der Waals surface area contributed by atoms with E-state index in [1.807, 2.05) is 12.2 Å². The Bertz CT molecular complexity index is 4250. The fourth-order valence-corrected chi connectivity index (χ4v) is 11.7. The second-order valence-corrected chi connectivity index (χ2v) is 19.4. The second kappa shape index (κ2) is 18.4. The Morgan fingerprint density at radius 2 is 0.605 bits per heavy atom. The fraction of sp³-hybridized carbons (Fsp3) is 0. The van der Waals surface area contributed by atoms with Crippen molar-refractivity contribution in [1.29, 1.82) is 0 Å². The molecule has 76 heavy (non-hydrogen) atoms. The normalized spacial score (nSPS) is 11.5. The van der Waals surface area contributed by atoms with Gasteiger partial charge in [-0.1, -0.05) is 183 Å². The average Bonchev–Trinajstić information content (AvgIpc) is 4.09. The molecule has 4 heteroatoms. The van der Waals surface area contributed by atoms with E-state index in [1.165, 1.54) is 54.5 Å². The Kier molecular flexibility index (Phi) is 10.8. The van der Waals surface area contributed by atoms with Crippen molar-refractivity contribution in [2.24, 2.45) is 0 Å². The van der Waals surface area contributed by atoms with Crippen molar-refractivity contribution < 1.29 is 0 Å². The molecular weight excluding hydrogens is 921 g/mol. The van der Waals surface area contributed by atoms with Crippen LogP contribution in [0.25, 0.3) is 99.8 Å². The summed E-state index contributed by atoms with van der Waals surface area (Å²) < 4.78 is 4.74. The minimum atomic E-state index is 1.09. The highest BCUT2D eigenvalue weighted by molar-refractivity contribution is 6.16. The van der Waals surface area contributed by atoms with Gasteiger partial charge in [-0.15, -0.1) is 0 Å². The maximum absolute atomic E-state index is 3.99. The van der Waals surface area contributed by atoms with Gasteiger partial charge in [0.1, 0.15) is 0 Å². The lowest BCUT2D eigenvalue weighted by Crippen LogP contribution is -2.11. The molecule has 12 aromatic carbocycles. The van der Waals surface area contributed by atoms with E-state index in [0.717, 1.165) is 78.4 Å². The predicted molar refractivity (Wildman–Crippen MR) is 325 cm³/mol. The van der Waals surface area contributed by atoms with E-state index in [0.29, 0.717) is 0 Å². The molecule has 2 aromatic heterocycles. The molecule has 0 fully saturated rings. The van der Waals surface area contributed by atoms with E-state index in [2.05, 4.69) is 299 Å². The van der Waals surface area contributed by atoms with Gasteiger partial charge in [0.15, 0.2) is 0 Å². The number of para-hydroxylation sites is 4. The molecule has 0 saturated carbocycles. The van der Waals surface area contributed by atoms with Crippen molar-refractivity contribution in [3.8, 4) is 22.5 Å². The Morgan fingerprint density at radius 3 is 1.00 bits per heavy atom. The zero-order valence-corrected chi connectivity index (χ0v) is 41.8. The number of hydrogen-bond acceptors (Lipinski definition) is 2. The topological polar surface area (TPSA) is 16.3 Å². The van der Waals surface area contributed by atoms with E-state index in [9.17, 15) is 0 Å². The van der Waals surface area contributed by atoms with Crippen LogP contribution in [-0.4, -0.2) is 9.13 Å². The predicted octanol–water partition coefficient (Wildman–Crippen LogP) is 20.1. The summed E-state index contributed by atoms with van der Waals surface area (Å²) >= 11 is 0. The van der Waals surface area contributed by atoms with Gasteiger partial charge in [0.25, 0.3) is 0 Å². The summed E-state index contributed by atoms with van der Waals surface area (Å²) in [6.07, 6.45) is 3.78. The van der Waals surface area contributed by atoms with Crippen molar-refractivity contribution >= 4 is 111 Å². The molecule has 0 atom stereocenters. The quantitative estimate of drug-likeness (QED) is 0.128. The molecule has 0 aliphatic carbocycles. The van der Waals surface area contributed by atoms with Crippen molar-refractivity contribution in [2.45, 2.75) is 0 Å². The molecule has 0 spiro atoms. The third-order valence-electron chi connectivity index (χ3n) is 15.2. The Balaban J connectivity index is 0.916. The van der Waals surface area contributed by atoms with E-state index in [4.69, 9.17) is 0 Å². The van der Waals surface area contributed by atoms with Gasteiger partial charge in [-0.25, -0.2) is 0 Å². The number of aromatic nitrogens is 2. The molecule has 358 valence electrons. The zero-order chi connectivity index (χ0) is 50.7. The SMILES string of the molecule is C=Cc1ccc(-n2c3ccccc3c3cc(N(c4ccccc4)c4ccc(-c5ccc(N(c6ccccc6)c6ccc7c(c6)c6ccccc6n7-c6ccc(C=C)cc6)c6ccccc56)c5ccccc45)ccc32)cc1. The zero-order valence-electron chi connectivity index (χ0n) is 41.8. The van der Waals surface area contributed by atoms with Gasteiger partial charge < -0.3 is 18.9 Å². The molecule has 0 N–H and O–H groups in total. The molecule has 0 unspecified atom stereocenters. The van der Waals surface area contributed by atoms with Crippen molar-refractivity contribution in [2.75, 3.05) is 9.80 Å². The van der Waals surface area contributed by atoms with E-state index in [-0.39, 0.29) is 0 Å². The molecule has 0 aliphatic rings. The van der Waals surface area contributed by atoms with Gasteiger partial charge in [0, 0.05) is 66.4 Å². The highest BCUT2D eigenvalue weighted by atomic mass is 15.2. The molecule has 14 rings (SSSR count).